The maximum absolute atomic E-state index is 14.3. The van der Waals surface area contributed by atoms with Crippen LogP contribution in [-0.2, 0) is 42.7 Å². The van der Waals surface area contributed by atoms with Gasteiger partial charge in [-0.05, 0) is 106 Å². The number of ketones is 1. The standard InChI is InChI=1S/C44H69NO13.Ac/c1-14-32-42(8,50)21-24(2)34(46)25(3)22-43(9,51)38(27(5)35(28(6)39(48)55-32)56-33-23-44(10,52-13)37(47)29(7)54-33)58-41-36(31(45(11)12)20-26(4)53-41)57-40(49)30-18-16-15-17-19-30;/h15-19,21,25-29,31-33,35-38,41,47,50-51H,14,20,22-23H2,1-13H3;/b24-21+;/t25-,26-,27+,28-,29+,31+,32-,33+,35+,36-,37+,38-,41?,42+,43-,44-;/m1./s1. The van der Waals surface area contributed by atoms with Crippen molar-refractivity contribution in [1.29, 1.82) is 0 Å². The second-order valence-electron chi connectivity index (χ2n) is 17.8. The molecule has 0 aromatic heterocycles. The largest absolute Gasteiger partial charge is 0.459 e. The number of ether oxygens (including phenoxy) is 7. The Balaban J connectivity index is 0.00000930. The molecule has 3 N–H and O–H groups in total. The van der Waals surface area contributed by atoms with Gasteiger partial charge in [0.15, 0.2) is 24.5 Å². The Morgan fingerprint density at radius 2 is 1.58 bits per heavy atom. The summed E-state index contributed by atoms with van der Waals surface area (Å²) in [7, 11) is 5.24. The van der Waals surface area contributed by atoms with Gasteiger partial charge in [0, 0.05) is 69.4 Å². The summed E-state index contributed by atoms with van der Waals surface area (Å²) in [6.07, 6.45) is -6.43. The van der Waals surface area contributed by atoms with E-state index in [2.05, 4.69) is 0 Å². The molecule has 0 saturated carbocycles. The Bertz CT molecular complexity index is 1590. The molecule has 0 amide bonds. The Labute approximate surface area is 386 Å². The smallest absolute Gasteiger partial charge is 0.338 e. The van der Waals surface area contributed by atoms with Gasteiger partial charge in [0.25, 0.3) is 0 Å². The number of esters is 2. The number of allylic oxidation sites excluding steroid dienone is 1. The molecule has 331 valence electrons. The van der Waals surface area contributed by atoms with Gasteiger partial charge in [0.1, 0.15) is 17.8 Å². The third-order valence-corrected chi connectivity index (χ3v) is 12.4. The Hall–Kier alpha value is -1.35. The third-order valence-electron chi connectivity index (χ3n) is 12.4. The quantitative estimate of drug-likeness (QED) is 0.292. The number of aliphatic hydroxyl groups excluding tert-OH is 1. The van der Waals surface area contributed by atoms with Gasteiger partial charge >= 0.3 is 11.9 Å². The molecular weight excluding hydrogens is 977 g/mol. The van der Waals surface area contributed by atoms with E-state index in [1.807, 2.05) is 25.9 Å². The second-order valence-corrected chi connectivity index (χ2v) is 17.8. The number of likely N-dealkylation sites (N-methyl/N-ethyl adjacent to an activating group) is 1. The van der Waals surface area contributed by atoms with E-state index in [0.717, 1.165) is 0 Å². The molecule has 16 atom stereocenters. The van der Waals surface area contributed by atoms with E-state index >= 15 is 0 Å². The molecule has 0 bridgehead atoms. The van der Waals surface area contributed by atoms with Crippen molar-refractivity contribution in [3.05, 3.63) is 47.5 Å². The predicted molar refractivity (Wildman–Crippen MR) is 214 cm³/mol. The maximum Gasteiger partial charge on any atom is 0.338 e. The number of hydrogen-bond acceptors (Lipinski definition) is 14. The number of hydrogen-bond donors (Lipinski definition) is 3. The summed E-state index contributed by atoms with van der Waals surface area (Å²) in [6, 6.07) is 8.23. The summed E-state index contributed by atoms with van der Waals surface area (Å²) in [4.78, 5) is 43.7. The fourth-order valence-corrected chi connectivity index (χ4v) is 8.97. The average Bonchev–Trinajstić information content (AvgIpc) is 3.16. The molecule has 1 unspecified atom stereocenters. The van der Waals surface area contributed by atoms with E-state index in [-0.39, 0.29) is 86.8 Å². The Morgan fingerprint density at radius 1 is 0.949 bits per heavy atom. The molecule has 2 fully saturated rings. The number of methoxy groups -OCH3 is 1. The number of nitrogens with zero attached hydrogens (tertiary/aromatic N) is 1. The molecular formula is C44H69AcNO13. The van der Waals surface area contributed by atoms with E-state index < -0.39 is 95.7 Å². The van der Waals surface area contributed by atoms with E-state index in [1.54, 1.807) is 85.7 Å². The van der Waals surface area contributed by atoms with Crippen molar-refractivity contribution in [3.8, 4) is 0 Å². The van der Waals surface area contributed by atoms with Gasteiger partial charge in [-0.1, -0.05) is 39.0 Å². The molecule has 3 heterocycles. The number of benzene rings is 1. The van der Waals surface area contributed by atoms with Crippen LogP contribution >= 0.6 is 0 Å². The third kappa shape index (κ3) is 12.4. The van der Waals surface area contributed by atoms with Crippen molar-refractivity contribution < 1.29 is 107 Å². The van der Waals surface area contributed by atoms with Crippen LogP contribution in [0, 0.1) is 61.8 Å². The number of Topliss-reactive ketones (excluding diaryl/α,β-unsaturated/α-hetero) is 1. The van der Waals surface area contributed by atoms with Crippen molar-refractivity contribution in [2.45, 2.75) is 173 Å². The number of carbonyl (C=O) groups excluding carboxylic acids is 3. The van der Waals surface area contributed by atoms with Crippen LogP contribution in [0.5, 0.6) is 0 Å². The minimum Gasteiger partial charge on any atom is -0.459 e. The minimum atomic E-state index is -1.80. The minimum absolute atomic E-state index is 0. The first kappa shape index (κ1) is 52.0. The summed E-state index contributed by atoms with van der Waals surface area (Å²) in [5, 5.41) is 35.3. The molecule has 14 nitrogen and oxygen atoms in total. The molecule has 1 aromatic carbocycles. The number of cyclic esters (lactones) is 1. The molecule has 59 heavy (non-hydrogen) atoms. The number of carbonyl (C=O) groups is 3. The van der Waals surface area contributed by atoms with E-state index in [9.17, 15) is 29.7 Å². The predicted octanol–water partition coefficient (Wildman–Crippen LogP) is 4.60. The van der Waals surface area contributed by atoms with Crippen molar-refractivity contribution in [3.63, 3.8) is 0 Å². The first-order valence-corrected chi connectivity index (χ1v) is 20.6. The second kappa shape index (κ2) is 21.4. The molecule has 1 radical (unpaired) electrons. The Morgan fingerprint density at radius 3 is 2.15 bits per heavy atom. The average molecular weight is 1050 g/mol. The van der Waals surface area contributed by atoms with E-state index in [4.69, 9.17) is 33.2 Å². The van der Waals surface area contributed by atoms with Crippen LogP contribution in [0.15, 0.2) is 42.0 Å². The first-order valence-electron chi connectivity index (χ1n) is 20.6. The maximum atomic E-state index is 14.3. The fourth-order valence-electron chi connectivity index (χ4n) is 8.97. The van der Waals surface area contributed by atoms with Gasteiger partial charge in [-0.25, -0.2) is 4.79 Å². The van der Waals surface area contributed by atoms with Gasteiger partial charge in [0.05, 0.1) is 53.1 Å². The summed E-state index contributed by atoms with van der Waals surface area (Å²) in [5.74, 6) is -4.28. The molecule has 4 rings (SSSR count). The number of rotatable bonds is 9. The summed E-state index contributed by atoms with van der Waals surface area (Å²) in [6.45, 7) is 16.8. The molecule has 3 aliphatic heterocycles. The van der Waals surface area contributed by atoms with Crippen LogP contribution in [0.3, 0.4) is 0 Å². The molecule has 1 aromatic rings. The van der Waals surface area contributed by atoms with Gasteiger partial charge in [-0.15, -0.1) is 0 Å². The Kier molecular flexibility index (Phi) is 18.8. The zero-order valence-corrected chi connectivity index (χ0v) is 42.0. The zero-order valence-electron chi connectivity index (χ0n) is 37.2. The summed E-state index contributed by atoms with van der Waals surface area (Å²) < 4.78 is 44.3. The summed E-state index contributed by atoms with van der Waals surface area (Å²) >= 11 is 0. The van der Waals surface area contributed by atoms with E-state index in [1.165, 1.54) is 20.1 Å². The molecule has 2 saturated heterocycles. The van der Waals surface area contributed by atoms with Crippen molar-refractivity contribution >= 4 is 17.7 Å². The van der Waals surface area contributed by atoms with Crippen LogP contribution in [0.4, 0.5) is 0 Å². The van der Waals surface area contributed by atoms with Crippen LogP contribution in [0.2, 0.25) is 0 Å². The molecule has 0 aliphatic carbocycles. The van der Waals surface area contributed by atoms with E-state index in [0.29, 0.717) is 12.0 Å². The van der Waals surface area contributed by atoms with Gasteiger partial charge < -0.3 is 53.4 Å². The monoisotopic (exact) mass is 1050 g/mol. The SMILES string of the molecule is CC[C@H]1OC(=O)[C@H](C)[C@@H](O[C@H]2C[C@@](C)(OC)[C@@H](O)[C@H](C)O2)[C@H](C)[C@@H](OC2O[C@H](C)C[C@H](N(C)C)[C@H]2OC(=O)c2ccccc2)[C@](C)(O)C[C@@H](C)C(=O)/C(C)=C/[C@]1(C)O.[Ac]. The summed E-state index contributed by atoms with van der Waals surface area (Å²) in [5.41, 5.74) is -3.98. The molecule has 3 aliphatic rings. The van der Waals surface area contributed by atoms with Crippen molar-refractivity contribution in [2.75, 3.05) is 21.2 Å². The molecule has 0 spiro atoms. The van der Waals surface area contributed by atoms with Crippen LogP contribution < -0.4 is 0 Å². The van der Waals surface area contributed by atoms with Gasteiger partial charge in [-0.3, -0.25) is 9.59 Å². The normalized spacial score (nSPS) is 42.5. The van der Waals surface area contributed by atoms with Crippen molar-refractivity contribution in [2.24, 2.45) is 17.8 Å². The topological polar surface area (TPSA) is 180 Å². The van der Waals surface area contributed by atoms with Crippen LogP contribution in [0.1, 0.15) is 105 Å². The molecule has 15 heteroatoms. The van der Waals surface area contributed by atoms with Crippen LogP contribution in [-0.4, -0.2) is 137 Å². The zero-order chi connectivity index (χ0) is 43.5. The fraction of sp³-hybridized carbons (Fsp3) is 0.750. The van der Waals surface area contributed by atoms with Crippen molar-refractivity contribution in [1.82, 2.24) is 4.90 Å². The van der Waals surface area contributed by atoms with Crippen LogP contribution in [0.25, 0.3) is 0 Å². The number of aliphatic hydroxyl groups is 3. The van der Waals surface area contributed by atoms with Gasteiger partial charge in [-0.2, -0.15) is 0 Å². The first-order chi connectivity index (χ1) is 27.0. The van der Waals surface area contributed by atoms with Gasteiger partial charge in [0.2, 0.25) is 0 Å².